The third kappa shape index (κ3) is 7.86. The van der Waals surface area contributed by atoms with Crippen molar-refractivity contribution >= 4 is 17.6 Å². The molecule has 5 rings (SSSR count). The van der Waals surface area contributed by atoms with Crippen molar-refractivity contribution in [3.63, 3.8) is 0 Å². The molecule has 1 aliphatic carbocycles. The molecule has 2 aliphatic rings. The largest absolute Gasteiger partial charge is 0.497 e. The van der Waals surface area contributed by atoms with E-state index in [0.717, 1.165) is 42.7 Å². The summed E-state index contributed by atoms with van der Waals surface area (Å²) in [6, 6.07) is 18.1. The lowest BCUT2D eigenvalue weighted by Gasteiger charge is -2.32. The van der Waals surface area contributed by atoms with E-state index in [4.69, 9.17) is 9.47 Å². The molecule has 0 saturated carbocycles. The molecule has 0 unspecified atom stereocenters. The molecule has 44 heavy (non-hydrogen) atoms. The summed E-state index contributed by atoms with van der Waals surface area (Å²) < 4.78 is 11.0. The van der Waals surface area contributed by atoms with Crippen molar-refractivity contribution in [1.29, 1.82) is 0 Å². The maximum absolute atomic E-state index is 13.1. The van der Waals surface area contributed by atoms with E-state index in [-0.39, 0.29) is 30.4 Å². The van der Waals surface area contributed by atoms with Crippen LogP contribution in [0.4, 0.5) is 5.82 Å². The lowest BCUT2D eigenvalue weighted by Crippen LogP contribution is -2.44. The molecule has 10 nitrogen and oxygen atoms in total. The number of aliphatic hydroxyl groups excluding tert-OH is 1. The van der Waals surface area contributed by atoms with E-state index in [2.05, 4.69) is 44.8 Å². The second kappa shape index (κ2) is 14.5. The van der Waals surface area contributed by atoms with Crippen LogP contribution in [0.3, 0.4) is 0 Å². The van der Waals surface area contributed by atoms with Gasteiger partial charge in [0, 0.05) is 75.1 Å². The van der Waals surface area contributed by atoms with Gasteiger partial charge in [-0.25, -0.2) is 4.98 Å². The summed E-state index contributed by atoms with van der Waals surface area (Å²) in [4.78, 5) is 33.2. The highest BCUT2D eigenvalue weighted by atomic mass is 16.5. The number of benzene rings is 2. The van der Waals surface area contributed by atoms with E-state index in [1.54, 1.807) is 39.5 Å². The molecule has 0 spiro atoms. The number of methoxy groups -OCH3 is 2. The van der Waals surface area contributed by atoms with Crippen LogP contribution in [0.2, 0.25) is 0 Å². The van der Waals surface area contributed by atoms with Gasteiger partial charge in [-0.15, -0.1) is 0 Å². The molecule has 1 aromatic heterocycles. The van der Waals surface area contributed by atoms with Crippen molar-refractivity contribution < 1.29 is 24.2 Å². The fraction of sp³-hybridized carbons (Fsp3) is 0.441. The van der Waals surface area contributed by atoms with Gasteiger partial charge in [-0.3, -0.25) is 14.5 Å². The first kappa shape index (κ1) is 31.3. The number of likely N-dealkylation sites (tertiary alicyclic amines) is 1. The minimum atomic E-state index is -0.780. The highest BCUT2D eigenvalue weighted by Gasteiger charge is 2.29. The fourth-order valence-electron chi connectivity index (χ4n) is 6.18. The van der Waals surface area contributed by atoms with E-state index in [1.807, 2.05) is 23.1 Å². The minimum Gasteiger partial charge on any atom is -0.497 e. The molecule has 1 saturated heterocycles. The van der Waals surface area contributed by atoms with Gasteiger partial charge in [0.25, 0.3) is 5.91 Å². The lowest BCUT2D eigenvalue weighted by atomic mass is 10.0. The Bertz CT molecular complexity index is 1420. The van der Waals surface area contributed by atoms with E-state index in [9.17, 15) is 14.7 Å². The third-order valence-electron chi connectivity index (χ3n) is 8.67. The summed E-state index contributed by atoms with van der Waals surface area (Å²) in [5.41, 5.74) is 4.14. The predicted molar refractivity (Wildman–Crippen MR) is 169 cm³/mol. The Labute approximate surface area is 259 Å². The average molecular weight is 602 g/mol. The normalized spacial score (nSPS) is 16.0. The number of anilines is 1. The first-order valence-electron chi connectivity index (χ1n) is 15.3. The van der Waals surface area contributed by atoms with Crippen molar-refractivity contribution in [3.8, 4) is 11.5 Å². The maximum Gasteiger partial charge on any atom is 0.251 e. The zero-order valence-electron chi connectivity index (χ0n) is 25.8. The number of hydrogen-bond donors (Lipinski definition) is 3. The van der Waals surface area contributed by atoms with Gasteiger partial charge in [0.15, 0.2) is 0 Å². The molecule has 234 valence electrons. The Balaban J connectivity index is 1.20. The summed E-state index contributed by atoms with van der Waals surface area (Å²) in [6.45, 7) is 4.10. The number of nitrogens with zero attached hydrogens (tertiary/aromatic N) is 3. The zero-order chi connectivity index (χ0) is 31.1. The zero-order valence-corrected chi connectivity index (χ0v) is 25.8. The molecular formula is C34H43N5O5. The number of amides is 2. The molecule has 2 heterocycles. The van der Waals surface area contributed by atoms with Gasteiger partial charge in [0.1, 0.15) is 17.3 Å². The molecule has 3 N–H and O–H groups in total. The quantitative estimate of drug-likeness (QED) is 0.290. The van der Waals surface area contributed by atoms with Gasteiger partial charge < -0.3 is 30.1 Å². The van der Waals surface area contributed by atoms with Gasteiger partial charge in [0.05, 0.1) is 20.3 Å². The van der Waals surface area contributed by atoms with Gasteiger partial charge in [0.2, 0.25) is 5.91 Å². The van der Waals surface area contributed by atoms with Crippen LogP contribution in [0.15, 0.2) is 60.8 Å². The molecule has 1 atom stereocenters. The van der Waals surface area contributed by atoms with Crippen LogP contribution in [-0.2, 0) is 24.2 Å². The number of hydrogen-bond acceptors (Lipinski definition) is 8. The van der Waals surface area contributed by atoms with Crippen LogP contribution in [0.1, 0.15) is 46.8 Å². The van der Waals surface area contributed by atoms with E-state index >= 15 is 0 Å². The van der Waals surface area contributed by atoms with Gasteiger partial charge >= 0.3 is 0 Å². The predicted octanol–water partition coefficient (Wildman–Crippen LogP) is 3.28. The third-order valence-corrected chi connectivity index (χ3v) is 8.67. The molecule has 0 bridgehead atoms. The topological polar surface area (TPSA) is 116 Å². The van der Waals surface area contributed by atoms with Crippen LogP contribution in [0.5, 0.6) is 11.5 Å². The number of carbonyl (C=O) groups is 2. The van der Waals surface area contributed by atoms with Crippen LogP contribution >= 0.6 is 0 Å². The number of aromatic nitrogens is 1. The number of pyridine rings is 1. The molecule has 10 heteroatoms. The Morgan fingerprint density at radius 3 is 2.43 bits per heavy atom. The Morgan fingerprint density at radius 1 is 1.05 bits per heavy atom. The van der Waals surface area contributed by atoms with Crippen molar-refractivity contribution in [2.24, 2.45) is 0 Å². The molecule has 1 fully saturated rings. The molecular weight excluding hydrogens is 558 g/mol. The summed E-state index contributed by atoms with van der Waals surface area (Å²) in [6.07, 6.45) is 4.28. The fourth-order valence-corrected chi connectivity index (χ4v) is 6.18. The van der Waals surface area contributed by atoms with Crippen LogP contribution in [0.25, 0.3) is 0 Å². The number of carbonyl (C=O) groups excluding carboxylic acids is 2. The average Bonchev–Trinajstić information content (AvgIpc) is 3.48. The summed E-state index contributed by atoms with van der Waals surface area (Å²) >= 11 is 0. The van der Waals surface area contributed by atoms with Crippen molar-refractivity contribution in [3.05, 3.63) is 83.0 Å². The molecule has 3 aromatic rings. The summed E-state index contributed by atoms with van der Waals surface area (Å²) in [5.74, 6) is 1.91. The second-order valence-corrected chi connectivity index (χ2v) is 11.7. The van der Waals surface area contributed by atoms with Crippen molar-refractivity contribution in [2.75, 3.05) is 45.7 Å². The number of nitrogens with one attached hydrogen (secondary N) is 2. The van der Waals surface area contributed by atoms with E-state index in [0.29, 0.717) is 37.6 Å². The Kier molecular flexibility index (Phi) is 10.3. The van der Waals surface area contributed by atoms with Crippen molar-refractivity contribution in [1.82, 2.24) is 20.1 Å². The van der Waals surface area contributed by atoms with Gasteiger partial charge in [-0.1, -0.05) is 30.3 Å². The number of fused-ring (bicyclic) bond motifs is 1. The monoisotopic (exact) mass is 601 g/mol. The minimum absolute atomic E-state index is 0.0966. The molecule has 1 aliphatic heterocycles. The SMILES string of the molecule is COc1ccc(CN(C[C@H](O)CNC(=O)c2ccnc(NC3CCN(C(C)=O)CC3)c2)C2Cc3ccccc3C2)c(OC)c1. The first-order valence-corrected chi connectivity index (χ1v) is 15.3. The molecule has 2 aromatic carbocycles. The number of rotatable bonds is 12. The highest BCUT2D eigenvalue weighted by molar-refractivity contribution is 5.94. The molecule has 2 amide bonds. The van der Waals surface area contributed by atoms with E-state index < -0.39 is 6.10 Å². The van der Waals surface area contributed by atoms with Crippen LogP contribution in [-0.4, -0.2) is 90.3 Å². The number of aliphatic hydroxyl groups is 1. The highest BCUT2D eigenvalue weighted by Crippen LogP contribution is 2.30. The van der Waals surface area contributed by atoms with Gasteiger partial charge in [-0.2, -0.15) is 0 Å². The summed E-state index contributed by atoms with van der Waals surface area (Å²) in [5, 5.41) is 17.5. The summed E-state index contributed by atoms with van der Waals surface area (Å²) in [7, 11) is 3.28. The molecule has 0 radical (unpaired) electrons. The van der Waals surface area contributed by atoms with E-state index in [1.165, 1.54) is 11.1 Å². The van der Waals surface area contributed by atoms with Gasteiger partial charge in [-0.05, 0) is 55.0 Å². The van der Waals surface area contributed by atoms with Crippen molar-refractivity contribution in [2.45, 2.75) is 57.3 Å². The lowest BCUT2D eigenvalue weighted by molar-refractivity contribution is -0.129. The standard InChI is InChI=1S/C34H43N5O5/c1-23(40)38-14-11-28(12-15-38)37-33-18-26(10-13-35-33)34(42)36-20-30(41)22-39(29-16-24-6-4-5-7-25(24)17-29)21-27-8-9-31(43-2)19-32(27)44-3/h4-10,13,18-19,28-30,41H,11-12,14-17,20-22H2,1-3H3,(H,35,37)(H,36,42)/t30-/m1/s1. The maximum atomic E-state index is 13.1. The van der Waals surface area contributed by atoms with Crippen LogP contribution < -0.4 is 20.1 Å². The number of ether oxygens (including phenoxy) is 2. The smallest absolute Gasteiger partial charge is 0.251 e. The second-order valence-electron chi connectivity index (χ2n) is 11.7. The van der Waals surface area contributed by atoms with Crippen LogP contribution in [0, 0.1) is 0 Å². The Hall–Kier alpha value is -4.15. The number of piperidine rings is 1. The first-order chi connectivity index (χ1) is 21.3. The Morgan fingerprint density at radius 2 is 1.77 bits per heavy atom.